The van der Waals surface area contributed by atoms with E-state index in [4.69, 9.17) is 10.5 Å². The van der Waals surface area contributed by atoms with Gasteiger partial charge in [-0.2, -0.15) is 5.26 Å². The molecule has 0 unspecified atom stereocenters. The van der Waals surface area contributed by atoms with Gasteiger partial charge in [0.15, 0.2) is 0 Å². The van der Waals surface area contributed by atoms with Gasteiger partial charge < -0.3 is 5.21 Å². The van der Waals surface area contributed by atoms with Crippen LogP contribution in [0, 0.1) is 11.3 Å². The number of hydrogen-bond acceptors (Lipinski definition) is 5. The molecule has 0 aromatic heterocycles. The van der Waals surface area contributed by atoms with Crippen molar-refractivity contribution in [1.29, 1.82) is 5.26 Å². The van der Waals surface area contributed by atoms with E-state index in [0.717, 1.165) is 5.56 Å². The van der Waals surface area contributed by atoms with Gasteiger partial charge in [0.2, 0.25) is 11.6 Å². The molecular weight excluding hydrogens is 222 g/mol. The van der Waals surface area contributed by atoms with E-state index in [2.05, 4.69) is 5.16 Å². The lowest BCUT2D eigenvalue weighted by Crippen LogP contribution is -2.36. The van der Waals surface area contributed by atoms with Crippen molar-refractivity contribution >= 4 is 17.5 Å². The number of imide groups is 1. The lowest BCUT2D eigenvalue weighted by Gasteiger charge is -2.01. The molecule has 1 aromatic rings. The van der Waals surface area contributed by atoms with Gasteiger partial charge in [-0.15, -0.1) is 0 Å². The monoisotopic (exact) mass is 231 g/mol. The summed E-state index contributed by atoms with van der Waals surface area (Å²) in [6, 6.07) is 10.2. The molecule has 0 aliphatic heterocycles. The van der Waals surface area contributed by atoms with Gasteiger partial charge in [-0.1, -0.05) is 35.5 Å². The fourth-order valence-electron chi connectivity index (χ4n) is 1.13. The SMILES string of the molecule is N#C/C(=N/O)C(=O)NC(=O)Cc1ccccc1. The average molecular weight is 231 g/mol. The van der Waals surface area contributed by atoms with Crippen molar-refractivity contribution in [3.8, 4) is 6.07 Å². The molecule has 0 spiro atoms. The minimum Gasteiger partial charge on any atom is -0.410 e. The summed E-state index contributed by atoms with van der Waals surface area (Å²) in [7, 11) is 0. The van der Waals surface area contributed by atoms with Crippen molar-refractivity contribution in [3.05, 3.63) is 35.9 Å². The molecule has 0 bridgehead atoms. The zero-order valence-corrected chi connectivity index (χ0v) is 8.75. The molecule has 0 fully saturated rings. The standard InChI is InChI=1S/C11H9N3O3/c12-7-9(14-17)11(16)13-10(15)6-8-4-2-1-3-5-8/h1-5,17H,6H2,(H,13,15,16)/b14-9-. The van der Waals surface area contributed by atoms with Gasteiger partial charge in [0.05, 0.1) is 6.42 Å². The molecule has 6 heteroatoms. The highest BCUT2D eigenvalue weighted by molar-refractivity contribution is 6.46. The highest BCUT2D eigenvalue weighted by Gasteiger charge is 2.14. The molecule has 1 rings (SSSR count). The third-order valence-corrected chi connectivity index (χ3v) is 1.88. The fourth-order valence-corrected chi connectivity index (χ4v) is 1.13. The maximum atomic E-state index is 11.4. The van der Waals surface area contributed by atoms with Crippen LogP contribution >= 0.6 is 0 Å². The molecule has 17 heavy (non-hydrogen) atoms. The average Bonchev–Trinajstić information content (AvgIpc) is 2.31. The van der Waals surface area contributed by atoms with E-state index in [1.807, 2.05) is 5.32 Å². The number of rotatable bonds is 3. The van der Waals surface area contributed by atoms with Crippen LogP contribution < -0.4 is 5.32 Å². The Hall–Kier alpha value is -2.68. The van der Waals surface area contributed by atoms with Gasteiger partial charge in [0, 0.05) is 0 Å². The topological polar surface area (TPSA) is 103 Å². The van der Waals surface area contributed by atoms with Crippen LogP contribution in [0.5, 0.6) is 0 Å². The first kappa shape index (κ1) is 12.4. The quantitative estimate of drug-likeness (QED) is 0.441. The molecular formula is C11H9N3O3. The van der Waals surface area contributed by atoms with Crippen LogP contribution in [0.4, 0.5) is 0 Å². The Morgan fingerprint density at radius 3 is 2.53 bits per heavy atom. The molecule has 2 N–H and O–H groups in total. The smallest absolute Gasteiger partial charge is 0.290 e. The van der Waals surface area contributed by atoms with Crippen molar-refractivity contribution in [1.82, 2.24) is 5.32 Å². The lowest BCUT2D eigenvalue weighted by atomic mass is 10.1. The van der Waals surface area contributed by atoms with E-state index < -0.39 is 17.5 Å². The predicted octanol–water partition coefficient (Wildman–Crippen LogP) is 0.226. The Balaban J connectivity index is 2.57. The number of carbonyl (C=O) groups is 2. The molecule has 0 saturated carbocycles. The second kappa shape index (κ2) is 6.02. The lowest BCUT2D eigenvalue weighted by molar-refractivity contribution is -0.126. The van der Waals surface area contributed by atoms with E-state index >= 15 is 0 Å². The summed E-state index contributed by atoms with van der Waals surface area (Å²) < 4.78 is 0. The largest absolute Gasteiger partial charge is 0.410 e. The summed E-state index contributed by atoms with van der Waals surface area (Å²) >= 11 is 0. The first-order chi connectivity index (χ1) is 8.17. The Labute approximate surface area is 97.2 Å². The molecule has 1 aromatic carbocycles. The van der Waals surface area contributed by atoms with Gasteiger partial charge in [-0.25, -0.2) is 0 Å². The van der Waals surface area contributed by atoms with Crippen LogP contribution in [0.2, 0.25) is 0 Å². The van der Waals surface area contributed by atoms with Crippen LogP contribution in [-0.4, -0.2) is 22.7 Å². The third-order valence-electron chi connectivity index (χ3n) is 1.88. The summed E-state index contributed by atoms with van der Waals surface area (Å²) in [5.41, 5.74) is -0.0244. The Bertz CT molecular complexity index is 488. The molecule has 0 heterocycles. The van der Waals surface area contributed by atoms with Gasteiger partial charge >= 0.3 is 0 Å². The summed E-state index contributed by atoms with van der Waals surface area (Å²) in [6.07, 6.45) is 0.0106. The summed E-state index contributed by atoms with van der Waals surface area (Å²) in [5.74, 6) is -1.59. The summed E-state index contributed by atoms with van der Waals surface area (Å²) in [4.78, 5) is 22.5. The number of benzene rings is 1. The van der Waals surface area contributed by atoms with Gasteiger partial charge in [-0.3, -0.25) is 14.9 Å². The minimum atomic E-state index is -1.02. The second-order valence-corrected chi connectivity index (χ2v) is 3.10. The number of hydrogen-bond donors (Lipinski definition) is 2. The number of oxime groups is 1. The Kier molecular flexibility index (Phi) is 4.39. The van der Waals surface area contributed by atoms with E-state index in [1.165, 1.54) is 6.07 Å². The molecule has 0 aliphatic carbocycles. The highest BCUT2D eigenvalue weighted by atomic mass is 16.4. The molecule has 2 amide bonds. The predicted molar refractivity (Wildman–Crippen MR) is 58.1 cm³/mol. The third kappa shape index (κ3) is 3.76. The van der Waals surface area contributed by atoms with Crippen molar-refractivity contribution in [2.75, 3.05) is 0 Å². The van der Waals surface area contributed by atoms with Gasteiger partial charge in [-0.05, 0) is 5.56 Å². The highest BCUT2D eigenvalue weighted by Crippen LogP contribution is 1.98. The minimum absolute atomic E-state index is 0.0106. The van der Waals surface area contributed by atoms with Crippen LogP contribution in [0.15, 0.2) is 35.5 Å². The van der Waals surface area contributed by atoms with E-state index in [-0.39, 0.29) is 6.42 Å². The van der Waals surface area contributed by atoms with Crippen molar-refractivity contribution in [2.24, 2.45) is 5.16 Å². The molecule has 6 nitrogen and oxygen atoms in total. The molecule has 0 radical (unpaired) electrons. The number of nitrogens with one attached hydrogen (secondary N) is 1. The fraction of sp³-hybridized carbons (Fsp3) is 0.0909. The second-order valence-electron chi connectivity index (χ2n) is 3.10. The molecule has 0 saturated heterocycles. The van der Waals surface area contributed by atoms with Gasteiger partial charge in [0.1, 0.15) is 6.07 Å². The van der Waals surface area contributed by atoms with Crippen LogP contribution in [-0.2, 0) is 16.0 Å². The number of nitrogens with zero attached hydrogens (tertiary/aromatic N) is 2. The molecule has 0 atom stereocenters. The van der Waals surface area contributed by atoms with E-state index in [1.54, 1.807) is 30.3 Å². The number of carbonyl (C=O) groups excluding carboxylic acids is 2. The summed E-state index contributed by atoms with van der Waals surface area (Å²) in [6.45, 7) is 0. The normalized spacial score (nSPS) is 10.4. The molecule has 0 aliphatic rings. The first-order valence-corrected chi connectivity index (χ1v) is 4.67. The van der Waals surface area contributed by atoms with Crippen molar-refractivity contribution in [3.63, 3.8) is 0 Å². The number of amides is 2. The van der Waals surface area contributed by atoms with Crippen LogP contribution in [0.3, 0.4) is 0 Å². The number of nitriles is 1. The van der Waals surface area contributed by atoms with Crippen molar-refractivity contribution in [2.45, 2.75) is 6.42 Å². The zero-order chi connectivity index (χ0) is 12.7. The van der Waals surface area contributed by atoms with Gasteiger partial charge in [0.25, 0.3) is 5.91 Å². The van der Waals surface area contributed by atoms with E-state index in [0.29, 0.717) is 0 Å². The Morgan fingerprint density at radius 1 is 1.35 bits per heavy atom. The van der Waals surface area contributed by atoms with Crippen molar-refractivity contribution < 1.29 is 14.8 Å². The first-order valence-electron chi connectivity index (χ1n) is 4.67. The maximum Gasteiger partial charge on any atom is 0.290 e. The van der Waals surface area contributed by atoms with Crippen LogP contribution in [0.25, 0.3) is 0 Å². The Morgan fingerprint density at radius 2 is 2.00 bits per heavy atom. The maximum absolute atomic E-state index is 11.4. The van der Waals surface area contributed by atoms with E-state index in [9.17, 15) is 9.59 Å². The summed E-state index contributed by atoms with van der Waals surface area (Å²) in [5, 5.41) is 21.1. The molecule has 86 valence electrons. The van der Waals surface area contributed by atoms with Crippen LogP contribution in [0.1, 0.15) is 5.56 Å². The zero-order valence-electron chi connectivity index (χ0n) is 8.75.